The number of guanidine groups is 1. The lowest BCUT2D eigenvalue weighted by Crippen LogP contribution is -2.52. The molecular weight excluding hydrogens is 483 g/mol. The normalized spacial score (nSPS) is 14.7. The van der Waals surface area contributed by atoms with E-state index in [9.17, 15) is 0 Å². The minimum Gasteiger partial charge on any atom is -0.377 e. The van der Waals surface area contributed by atoms with E-state index in [2.05, 4.69) is 61.9 Å². The van der Waals surface area contributed by atoms with Crippen LogP contribution in [0.25, 0.3) is 0 Å². The first-order valence-electron chi connectivity index (χ1n) is 9.72. The molecule has 154 valence electrons. The van der Waals surface area contributed by atoms with Crippen molar-refractivity contribution >= 4 is 46.3 Å². The topological polar surface area (TPSA) is 40.1 Å². The highest BCUT2D eigenvalue weighted by Gasteiger charge is 2.19. The second kappa shape index (κ2) is 13.0. The zero-order valence-electron chi connectivity index (χ0n) is 16.5. The molecule has 1 saturated heterocycles. The number of ether oxygens (including phenoxy) is 1. The van der Waals surface area contributed by atoms with E-state index in [0.717, 1.165) is 58.1 Å². The lowest BCUT2D eigenvalue weighted by atomic mass is 10.2. The fourth-order valence-corrected chi connectivity index (χ4v) is 4.00. The number of hydrogen-bond donors (Lipinski definition) is 1. The molecule has 2 heterocycles. The first-order chi connectivity index (χ1) is 13.4. The lowest BCUT2D eigenvalue weighted by molar-refractivity contribution is 0.117. The van der Waals surface area contributed by atoms with Crippen LogP contribution >= 0.6 is 35.3 Å². The van der Waals surface area contributed by atoms with E-state index in [4.69, 9.17) is 4.74 Å². The summed E-state index contributed by atoms with van der Waals surface area (Å²) in [6.07, 6.45) is 2.14. The van der Waals surface area contributed by atoms with Gasteiger partial charge in [0.25, 0.3) is 0 Å². The summed E-state index contributed by atoms with van der Waals surface area (Å²) in [5.41, 5.74) is 1.23. The first-order valence-corrected chi connectivity index (χ1v) is 10.6. The van der Waals surface area contributed by atoms with Gasteiger partial charge in [0.05, 0.1) is 11.6 Å². The maximum Gasteiger partial charge on any atom is 0.193 e. The van der Waals surface area contributed by atoms with Gasteiger partial charge in [0, 0.05) is 46.4 Å². The van der Waals surface area contributed by atoms with Crippen LogP contribution in [0.1, 0.15) is 18.4 Å². The lowest BCUT2D eigenvalue weighted by Gasteiger charge is -2.37. The van der Waals surface area contributed by atoms with Gasteiger partial charge < -0.3 is 19.9 Å². The number of unbranched alkanes of at least 4 members (excludes halogenated alkanes) is 1. The number of benzene rings is 1. The van der Waals surface area contributed by atoms with Crippen LogP contribution in [0.2, 0.25) is 0 Å². The first kappa shape index (κ1) is 23.0. The molecule has 0 atom stereocenters. The Morgan fingerprint density at radius 1 is 1.07 bits per heavy atom. The molecule has 1 aliphatic rings. The monoisotopic (exact) mass is 514 g/mol. The van der Waals surface area contributed by atoms with E-state index in [1.165, 1.54) is 10.6 Å². The SMILES string of the molecule is CN=C(NCCCCOCc1ccccc1)N1CCN(c2cccs2)CC1.I. The van der Waals surface area contributed by atoms with Crippen LogP contribution in [-0.2, 0) is 11.3 Å². The van der Waals surface area contributed by atoms with Gasteiger partial charge in [0.2, 0.25) is 0 Å². The Hall–Kier alpha value is -1.32. The molecule has 5 nitrogen and oxygen atoms in total. The molecule has 0 saturated carbocycles. The zero-order chi connectivity index (χ0) is 18.7. The molecule has 1 aromatic carbocycles. The predicted molar refractivity (Wildman–Crippen MR) is 130 cm³/mol. The van der Waals surface area contributed by atoms with Gasteiger partial charge in [-0.2, -0.15) is 0 Å². The summed E-state index contributed by atoms with van der Waals surface area (Å²) in [4.78, 5) is 9.27. The minimum absolute atomic E-state index is 0. The predicted octanol–water partition coefficient (Wildman–Crippen LogP) is 4.06. The molecule has 1 aromatic heterocycles. The fourth-order valence-electron chi connectivity index (χ4n) is 3.21. The van der Waals surface area contributed by atoms with Crippen LogP contribution in [0.3, 0.4) is 0 Å². The van der Waals surface area contributed by atoms with Crippen LogP contribution in [0.15, 0.2) is 52.8 Å². The van der Waals surface area contributed by atoms with Gasteiger partial charge in [-0.3, -0.25) is 4.99 Å². The molecule has 1 fully saturated rings. The molecule has 2 aromatic rings. The van der Waals surface area contributed by atoms with E-state index < -0.39 is 0 Å². The highest BCUT2D eigenvalue weighted by Crippen LogP contribution is 2.22. The third kappa shape index (κ3) is 7.25. The van der Waals surface area contributed by atoms with Gasteiger partial charge in [0.1, 0.15) is 0 Å². The highest BCUT2D eigenvalue weighted by molar-refractivity contribution is 14.0. The molecule has 1 aliphatic heterocycles. The van der Waals surface area contributed by atoms with Gasteiger partial charge in [-0.05, 0) is 35.9 Å². The Kier molecular flexibility index (Phi) is 10.7. The molecule has 0 amide bonds. The Bertz CT molecular complexity index is 673. The fraction of sp³-hybridized carbons (Fsp3) is 0.476. The van der Waals surface area contributed by atoms with Crippen molar-refractivity contribution in [3.05, 3.63) is 53.4 Å². The molecule has 0 radical (unpaired) electrons. The molecule has 3 rings (SSSR count). The highest BCUT2D eigenvalue weighted by atomic mass is 127. The number of piperazine rings is 1. The van der Waals surface area contributed by atoms with Gasteiger partial charge >= 0.3 is 0 Å². The van der Waals surface area contributed by atoms with Gasteiger partial charge in [-0.15, -0.1) is 35.3 Å². The van der Waals surface area contributed by atoms with Crippen LogP contribution < -0.4 is 10.2 Å². The number of thiophene rings is 1. The van der Waals surface area contributed by atoms with Crippen molar-refractivity contribution in [3.63, 3.8) is 0 Å². The third-order valence-electron chi connectivity index (χ3n) is 4.72. The Balaban J connectivity index is 0.00000280. The van der Waals surface area contributed by atoms with Crippen molar-refractivity contribution in [1.29, 1.82) is 0 Å². The van der Waals surface area contributed by atoms with E-state index >= 15 is 0 Å². The quantitative estimate of drug-likeness (QED) is 0.250. The number of nitrogens with one attached hydrogen (secondary N) is 1. The average Bonchev–Trinajstić information content (AvgIpc) is 3.26. The number of hydrogen-bond acceptors (Lipinski definition) is 4. The molecule has 28 heavy (non-hydrogen) atoms. The van der Waals surface area contributed by atoms with Gasteiger partial charge in [-0.25, -0.2) is 0 Å². The summed E-state index contributed by atoms with van der Waals surface area (Å²) in [5.74, 6) is 1.02. The minimum atomic E-state index is 0. The molecular formula is C21H31IN4OS. The van der Waals surface area contributed by atoms with Crippen molar-refractivity contribution in [2.75, 3.05) is 51.3 Å². The molecule has 0 spiro atoms. The summed E-state index contributed by atoms with van der Waals surface area (Å²) < 4.78 is 5.74. The molecule has 0 unspecified atom stereocenters. The van der Waals surface area contributed by atoms with E-state index in [1.54, 1.807) is 0 Å². The van der Waals surface area contributed by atoms with E-state index in [-0.39, 0.29) is 24.0 Å². The van der Waals surface area contributed by atoms with Crippen LogP contribution in [0, 0.1) is 0 Å². The van der Waals surface area contributed by atoms with Gasteiger partial charge in [-0.1, -0.05) is 30.3 Å². The summed E-state index contributed by atoms with van der Waals surface area (Å²) in [6.45, 7) is 6.56. The molecule has 1 N–H and O–H groups in total. The van der Waals surface area contributed by atoms with Crippen LogP contribution in [-0.4, -0.2) is 57.2 Å². The number of halogens is 1. The van der Waals surface area contributed by atoms with Crippen molar-refractivity contribution < 1.29 is 4.74 Å². The Morgan fingerprint density at radius 2 is 1.86 bits per heavy atom. The van der Waals surface area contributed by atoms with Crippen LogP contribution in [0.5, 0.6) is 0 Å². The van der Waals surface area contributed by atoms with Crippen LogP contribution in [0.4, 0.5) is 5.00 Å². The molecule has 0 aliphatic carbocycles. The summed E-state index contributed by atoms with van der Waals surface area (Å²) in [5, 5.41) is 7.02. The largest absolute Gasteiger partial charge is 0.377 e. The summed E-state index contributed by atoms with van der Waals surface area (Å²) in [6, 6.07) is 14.7. The second-order valence-electron chi connectivity index (χ2n) is 6.64. The summed E-state index contributed by atoms with van der Waals surface area (Å²) in [7, 11) is 1.87. The maximum atomic E-state index is 5.74. The number of anilines is 1. The Labute approximate surface area is 189 Å². The van der Waals surface area contributed by atoms with E-state index in [1.807, 2.05) is 24.5 Å². The van der Waals surface area contributed by atoms with E-state index in [0.29, 0.717) is 6.61 Å². The molecule has 7 heteroatoms. The maximum absolute atomic E-state index is 5.74. The standard InChI is InChI=1S/C21H30N4OS.HI/c1-22-21(25-14-12-24(13-15-25)20-10-7-17-27-20)23-11-5-6-16-26-18-19-8-3-2-4-9-19;/h2-4,7-10,17H,5-6,11-16,18H2,1H3,(H,22,23);1H. The number of rotatable bonds is 8. The summed E-state index contributed by atoms with van der Waals surface area (Å²) >= 11 is 1.82. The zero-order valence-corrected chi connectivity index (χ0v) is 19.7. The number of aliphatic imine (C=N–C) groups is 1. The van der Waals surface area contributed by atoms with Crippen molar-refractivity contribution in [3.8, 4) is 0 Å². The smallest absolute Gasteiger partial charge is 0.193 e. The molecule has 0 bridgehead atoms. The van der Waals surface area contributed by atoms with Crippen molar-refractivity contribution in [1.82, 2.24) is 10.2 Å². The van der Waals surface area contributed by atoms with Crippen molar-refractivity contribution in [2.24, 2.45) is 4.99 Å². The van der Waals surface area contributed by atoms with Gasteiger partial charge in [0.15, 0.2) is 5.96 Å². The second-order valence-corrected chi connectivity index (χ2v) is 7.57. The third-order valence-corrected chi connectivity index (χ3v) is 5.65. The Morgan fingerprint density at radius 3 is 2.54 bits per heavy atom. The average molecular weight is 514 g/mol. The van der Waals surface area contributed by atoms with Crippen molar-refractivity contribution in [2.45, 2.75) is 19.4 Å². The number of nitrogens with zero attached hydrogens (tertiary/aromatic N) is 3.